The standard InChI is InChI=1S/C16H24ClN3O.2ClH/c1-11-4-5-13(17)8-14(11)20-7-6-12(10-20)9-19-15(21)16(2,3)18;;/h4-5,8,12H,6-7,9-10,18H2,1-3H3,(H,19,21);2*1H. The lowest BCUT2D eigenvalue weighted by atomic mass is 10.1. The van der Waals surface area contributed by atoms with Crippen molar-refractivity contribution in [2.75, 3.05) is 24.5 Å². The van der Waals surface area contributed by atoms with Crippen LogP contribution in [0.25, 0.3) is 0 Å². The van der Waals surface area contributed by atoms with E-state index in [1.807, 2.05) is 18.2 Å². The SMILES string of the molecule is Cc1ccc(Cl)cc1N1CCC(CNC(=O)C(C)(C)N)C1.Cl.Cl. The van der Waals surface area contributed by atoms with Crippen molar-refractivity contribution in [2.45, 2.75) is 32.7 Å². The maximum atomic E-state index is 11.8. The quantitative estimate of drug-likeness (QED) is 0.841. The number of nitrogens with zero attached hydrogens (tertiary/aromatic N) is 1. The zero-order valence-corrected chi connectivity index (χ0v) is 16.2. The van der Waals surface area contributed by atoms with Crippen molar-refractivity contribution in [1.29, 1.82) is 0 Å². The van der Waals surface area contributed by atoms with Gasteiger partial charge in [0.15, 0.2) is 0 Å². The topological polar surface area (TPSA) is 58.4 Å². The number of nitrogens with two attached hydrogens (primary N) is 1. The van der Waals surface area contributed by atoms with E-state index >= 15 is 0 Å². The summed E-state index contributed by atoms with van der Waals surface area (Å²) in [5.74, 6) is 0.356. The van der Waals surface area contributed by atoms with Crippen molar-refractivity contribution in [2.24, 2.45) is 11.7 Å². The Morgan fingerprint density at radius 3 is 2.70 bits per heavy atom. The molecule has 0 radical (unpaired) electrons. The maximum Gasteiger partial charge on any atom is 0.239 e. The summed E-state index contributed by atoms with van der Waals surface area (Å²) in [6.07, 6.45) is 1.07. The predicted molar refractivity (Wildman–Crippen MR) is 102 cm³/mol. The number of benzene rings is 1. The molecule has 1 heterocycles. The van der Waals surface area contributed by atoms with E-state index < -0.39 is 5.54 Å². The minimum Gasteiger partial charge on any atom is -0.371 e. The van der Waals surface area contributed by atoms with Gasteiger partial charge in [-0.1, -0.05) is 17.7 Å². The summed E-state index contributed by atoms with van der Waals surface area (Å²) >= 11 is 6.09. The number of halogens is 3. The summed E-state index contributed by atoms with van der Waals surface area (Å²) in [6.45, 7) is 8.14. The summed E-state index contributed by atoms with van der Waals surface area (Å²) in [5, 5.41) is 3.71. The number of carbonyl (C=O) groups is 1. The van der Waals surface area contributed by atoms with Crippen LogP contribution in [-0.2, 0) is 4.79 Å². The average Bonchev–Trinajstić information content (AvgIpc) is 2.86. The minimum absolute atomic E-state index is 0. The molecule has 1 aromatic carbocycles. The molecule has 1 amide bonds. The first kappa shape index (κ1) is 22.3. The number of hydrogen-bond acceptors (Lipinski definition) is 3. The monoisotopic (exact) mass is 381 g/mol. The van der Waals surface area contributed by atoms with Crippen LogP contribution in [0.5, 0.6) is 0 Å². The molecular weight excluding hydrogens is 357 g/mol. The Hall–Kier alpha value is -0.680. The normalized spacial score (nSPS) is 17.3. The summed E-state index contributed by atoms with van der Waals surface area (Å²) < 4.78 is 0. The van der Waals surface area contributed by atoms with Gasteiger partial charge in [0, 0.05) is 30.3 Å². The van der Waals surface area contributed by atoms with Crippen LogP contribution in [0, 0.1) is 12.8 Å². The highest BCUT2D eigenvalue weighted by atomic mass is 35.5. The molecule has 4 nitrogen and oxygen atoms in total. The Bertz CT molecular complexity index is 532. The molecule has 1 aromatic rings. The molecule has 23 heavy (non-hydrogen) atoms. The number of amides is 1. The highest BCUT2D eigenvalue weighted by molar-refractivity contribution is 6.30. The summed E-state index contributed by atoms with van der Waals surface area (Å²) in [7, 11) is 0. The van der Waals surface area contributed by atoms with Gasteiger partial charge in [0.2, 0.25) is 5.91 Å². The number of aryl methyl sites for hydroxylation is 1. The molecule has 2 rings (SSSR count). The van der Waals surface area contributed by atoms with Crippen LogP contribution in [0.1, 0.15) is 25.8 Å². The van der Waals surface area contributed by atoms with E-state index in [0.29, 0.717) is 12.5 Å². The van der Waals surface area contributed by atoms with Crippen molar-refractivity contribution in [3.8, 4) is 0 Å². The molecule has 1 aliphatic rings. The Labute approximate surface area is 155 Å². The van der Waals surface area contributed by atoms with Gasteiger partial charge in [-0.05, 0) is 50.8 Å². The number of anilines is 1. The van der Waals surface area contributed by atoms with Gasteiger partial charge in [-0.25, -0.2) is 0 Å². The molecule has 132 valence electrons. The molecule has 1 fully saturated rings. The van der Waals surface area contributed by atoms with E-state index in [1.54, 1.807) is 13.8 Å². The molecular formula is C16H26Cl3N3O. The van der Waals surface area contributed by atoms with Gasteiger partial charge < -0.3 is 16.0 Å². The minimum atomic E-state index is -0.818. The van der Waals surface area contributed by atoms with Gasteiger partial charge in [0.05, 0.1) is 5.54 Å². The lowest BCUT2D eigenvalue weighted by Gasteiger charge is -2.22. The van der Waals surface area contributed by atoms with Crippen molar-refractivity contribution in [1.82, 2.24) is 5.32 Å². The molecule has 1 aliphatic heterocycles. The predicted octanol–water partition coefficient (Wildman–Crippen LogP) is 3.17. The molecule has 1 atom stereocenters. The van der Waals surface area contributed by atoms with Gasteiger partial charge >= 0.3 is 0 Å². The highest BCUT2D eigenvalue weighted by Crippen LogP contribution is 2.29. The van der Waals surface area contributed by atoms with Crippen LogP contribution >= 0.6 is 36.4 Å². The van der Waals surface area contributed by atoms with Gasteiger partial charge in [0.25, 0.3) is 0 Å². The second-order valence-corrected chi connectivity index (χ2v) is 6.90. The molecule has 7 heteroatoms. The van der Waals surface area contributed by atoms with Gasteiger partial charge in [0.1, 0.15) is 0 Å². The Morgan fingerprint density at radius 1 is 1.43 bits per heavy atom. The summed E-state index contributed by atoms with van der Waals surface area (Å²) in [4.78, 5) is 14.1. The third-order valence-corrected chi connectivity index (χ3v) is 4.17. The largest absolute Gasteiger partial charge is 0.371 e. The number of carbonyl (C=O) groups excluding carboxylic acids is 1. The molecule has 0 saturated carbocycles. The summed E-state index contributed by atoms with van der Waals surface area (Å²) in [5.41, 5.74) is 7.38. The Kier molecular flexibility index (Phi) is 8.71. The van der Waals surface area contributed by atoms with Crippen molar-refractivity contribution >= 4 is 48.0 Å². The fourth-order valence-corrected chi connectivity index (χ4v) is 2.77. The van der Waals surface area contributed by atoms with Crippen LogP contribution in [0.4, 0.5) is 5.69 Å². The van der Waals surface area contributed by atoms with Crippen LogP contribution in [0.2, 0.25) is 5.02 Å². The van der Waals surface area contributed by atoms with E-state index in [0.717, 1.165) is 24.5 Å². The molecule has 0 aliphatic carbocycles. The Morgan fingerprint density at radius 2 is 2.09 bits per heavy atom. The van der Waals surface area contributed by atoms with Crippen molar-refractivity contribution in [3.63, 3.8) is 0 Å². The second kappa shape index (κ2) is 8.97. The van der Waals surface area contributed by atoms with E-state index in [4.69, 9.17) is 17.3 Å². The molecule has 1 saturated heterocycles. The first-order valence-corrected chi connectivity index (χ1v) is 7.73. The molecule has 3 N–H and O–H groups in total. The van der Waals surface area contributed by atoms with Gasteiger partial charge in [-0.2, -0.15) is 0 Å². The summed E-state index contributed by atoms with van der Waals surface area (Å²) in [6, 6.07) is 5.97. The molecule has 0 aromatic heterocycles. The average molecular weight is 383 g/mol. The highest BCUT2D eigenvalue weighted by Gasteiger charge is 2.26. The first-order valence-electron chi connectivity index (χ1n) is 7.35. The first-order chi connectivity index (χ1) is 9.77. The van der Waals surface area contributed by atoms with Crippen molar-refractivity contribution in [3.05, 3.63) is 28.8 Å². The van der Waals surface area contributed by atoms with Crippen LogP contribution in [-0.4, -0.2) is 31.1 Å². The molecule has 0 spiro atoms. The van der Waals surface area contributed by atoms with E-state index in [2.05, 4.69) is 17.1 Å². The smallest absolute Gasteiger partial charge is 0.239 e. The zero-order valence-electron chi connectivity index (χ0n) is 13.8. The maximum absolute atomic E-state index is 11.8. The Balaban J connectivity index is 0.00000242. The number of hydrogen-bond donors (Lipinski definition) is 2. The van der Waals surface area contributed by atoms with Crippen LogP contribution in [0.3, 0.4) is 0 Å². The fraction of sp³-hybridized carbons (Fsp3) is 0.562. The lowest BCUT2D eigenvalue weighted by molar-refractivity contribution is -0.125. The van der Waals surface area contributed by atoms with E-state index in [1.165, 1.54) is 11.3 Å². The van der Waals surface area contributed by atoms with Crippen LogP contribution < -0.4 is 16.0 Å². The number of nitrogens with one attached hydrogen (secondary N) is 1. The fourth-order valence-electron chi connectivity index (χ4n) is 2.61. The van der Waals surface area contributed by atoms with E-state index in [-0.39, 0.29) is 30.7 Å². The second-order valence-electron chi connectivity index (χ2n) is 6.46. The van der Waals surface area contributed by atoms with Crippen LogP contribution in [0.15, 0.2) is 18.2 Å². The third kappa shape index (κ3) is 6.03. The third-order valence-electron chi connectivity index (χ3n) is 3.93. The zero-order chi connectivity index (χ0) is 15.6. The van der Waals surface area contributed by atoms with E-state index in [9.17, 15) is 4.79 Å². The lowest BCUT2D eigenvalue weighted by Crippen LogP contribution is -2.50. The molecule has 1 unspecified atom stereocenters. The van der Waals surface area contributed by atoms with Crippen molar-refractivity contribution < 1.29 is 4.79 Å². The number of rotatable bonds is 4. The molecule has 0 bridgehead atoms. The van der Waals surface area contributed by atoms with Gasteiger partial charge in [-0.3, -0.25) is 4.79 Å². The van der Waals surface area contributed by atoms with Gasteiger partial charge in [-0.15, -0.1) is 24.8 Å².